The van der Waals surface area contributed by atoms with Crippen molar-refractivity contribution >= 4 is 33.1 Å². The van der Waals surface area contributed by atoms with Gasteiger partial charge in [-0.25, -0.2) is 4.79 Å². The maximum Gasteiger partial charge on any atom is 0.339 e. The lowest BCUT2D eigenvalue weighted by atomic mass is 10.1. The average molecular weight is 305 g/mol. The molecule has 4 nitrogen and oxygen atoms in total. The molecule has 0 radical (unpaired) electrons. The fourth-order valence-corrected chi connectivity index (χ4v) is 3.67. The van der Waals surface area contributed by atoms with E-state index in [9.17, 15) is 9.90 Å². The van der Waals surface area contributed by atoms with Crippen LogP contribution in [0.3, 0.4) is 0 Å². The van der Waals surface area contributed by atoms with Crippen LogP contribution in [0.15, 0.2) is 23.6 Å². The van der Waals surface area contributed by atoms with Gasteiger partial charge in [-0.3, -0.25) is 0 Å². The number of carbonyl (C=O) groups is 1. The van der Waals surface area contributed by atoms with Gasteiger partial charge in [0.1, 0.15) is 0 Å². The van der Waals surface area contributed by atoms with Gasteiger partial charge in [0.05, 0.1) is 18.3 Å². The highest BCUT2D eigenvalue weighted by atomic mass is 32.1. The summed E-state index contributed by atoms with van der Waals surface area (Å²) in [4.78, 5) is 14.2. The molecule has 1 fully saturated rings. The van der Waals surface area contributed by atoms with Crippen LogP contribution < -0.4 is 4.90 Å². The molecule has 0 bridgehead atoms. The van der Waals surface area contributed by atoms with Crippen LogP contribution in [-0.2, 0) is 4.74 Å². The molecule has 1 N–H and O–H groups in total. The molecule has 2 heterocycles. The summed E-state index contributed by atoms with van der Waals surface area (Å²) in [6, 6.07) is 6.17. The number of piperidine rings is 1. The topological polar surface area (TPSA) is 49.8 Å². The van der Waals surface area contributed by atoms with Crippen molar-refractivity contribution in [3.05, 3.63) is 29.1 Å². The number of hydrogen-bond donors (Lipinski definition) is 1. The molecule has 0 aliphatic carbocycles. The van der Waals surface area contributed by atoms with Gasteiger partial charge in [0.25, 0.3) is 0 Å². The van der Waals surface area contributed by atoms with E-state index in [1.54, 1.807) is 11.3 Å². The normalized spacial score (nSPS) is 16.4. The second-order valence-corrected chi connectivity index (χ2v) is 6.18. The van der Waals surface area contributed by atoms with Crippen molar-refractivity contribution < 1.29 is 14.6 Å². The van der Waals surface area contributed by atoms with Gasteiger partial charge in [-0.1, -0.05) is 6.07 Å². The van der Waals surface area contributed by atoms with Crippen LogP contribution in [0, 0.1) is 0 Å². The number of rotatable bonds is 3. The van der Waals surface area contributed by atoms with Gasteiger partial charge < -0.3 is 14.7 Å². The second-order valence-electron chi connectivity index (χ2n) is 5.27. The van der Waals surface area contributed by atoms with E-state index >= 15 is 0 Å². The molecule has 0 atom stereocenters. The molecule has 2 aromatic rings. The van der Waals surface area contributed by atoms with E-state index in [0.717, 1.165) is 41.7 Å². The molecule has 0 amide bonds. The van der Waals surface area contributed by atoms with Gasteiger partial charge in [0, 0.05) is 34.2 Å². The monoisotopic (exact) mass is 305 g/mol. The number of ether oxygens (including phenoxy) is 1. The molecule has 1 aromatic heterocycles. The Labute approximate surface area is 127 Å². The summed E-state index contributed by atoms with van der Waals surface area (Å²) in [5.41, 5.74) is 1.81. The zero-order valence-corrected chi connectivity index (χ0v) is 12.9. The predicted molar refractivity (Wildman–Crippen MR) is 85.2 cm³/mol. The average Bonchev–Trinajstić information content (AvgIpc) is 2.91. The van der Waals surface area contributed by atoms with E-state index in [1.807, 2.05) is 18.4 Å². The van der Waals surface area contributed by atoms with Gasteiger partial charge in [-0.2, -0.15) is 0 Å². The van der Waals surface area contributed by atoms with Crippen LogP contribution in [-0.4, -0.2) is 36.9 Å². The summed E-state index contributed by atoms with van der Waals surface area (Å²) in [6.07, 6.45) is 1.47. The molecule has 21 heavy (non-hydrogen) atoms. The lowest BCUT2D eigenvalue weighted by Crippen LogP contribution is -2.35. The highest BCUT2D eigenvalue weighted by molar-refractivity contribution is 7.17. The third-order valence-corrected chi connectivity index (χ3v) is 4.83. The number of fused-ring (bicyclic) bond motifs is 1. The zero-order valence-electron chi connectivity index (χ0n) is 12.0. The SMILES string of the molecule is CCOC(=O)c1csc2cc(N3CCC(O)CC3)ccc12. The third kappa shape index (κ3) is 2.89. The number of thiophene rings is 1. The van der Waals surface area contributed by atoms with Crippen LogP contribution in [0.1, 0.15) is 30.1 Å². The van der Waals surface area contributed by atoms with Crippen LogP contribution in [0.4, 0.5) is 5.69 Å². The minimum absolute atomic E-state index is 0.165. The Bertz CT molecular complexity index is 644. The number of nitrogens with zero attached hydrogens (tertiary/aromatic N) is 1. The van der Waals surface area contributed by atoms with E-state index in [1.165, 1.54) is 0 Å². The molecule has 0 unspecified atom stereocenters. The molecule has 3 rings (SSSR count). The number of benzene rings is 1. The quantitative estimate of drug-likeness (QED) is 0.886. The number of aliphatic hydroxyl groups is 1. The van der Waals surface area contributed by atoms with Crippen molar-refractivity contribution in [2.45, 2.75) is 25.9 Å². The smallest absolute Gasteiger partial charge is 0.339 e. The van der Waals surface area contributed by atoms with Crippen LogP contribution in [0.25, 0.3) is 10.1 Å². The van der Waals surface area contributed by atoms with Gasteiger partial charge in [0.15, 0.2) is 0 Å². The Balaban J connectivity index is 1.86. The number of esters is 1. The first-order valence-electron chi connectivity index (χ1n) is 7.30. The van der Waals surface area contributed by atoms with Crippen molar-refractivity contribution in [2.75, 3.05) is 24.6 Å². The van der Waals surface area contributed by atoms with Crippen molar-refractivity contribution in [1.82, 2.24) is 0 Å². The van der Waals surface area contributed by atoms with E-state index in [-0.39, 0.29) is 12.1 Å². The first kappa shape index (κ1) is 14.4. The number of anilines is 1. The predicted octanol–water partition coefficient (Wildman–Crippen LogP) is 3.04. The van der Waals surface area contributed by atoms with Crippen LogP contribution in [0.2, 0.25) is 0 Å². The lowest BCUT2D eigenvalue weighted by molar-refractivity contribution is 0.0529. The summed E-state index contributed by atoms with van der Waals surface area (Å²) >= 11 is 1.57. The largest absolute Gasteiger partial charge is 0.462 e. The maximum atomic E-state index is 11.9. The molecule has 1 aromatic carbocycles. The highest BCUT2D eigenvalue weighted by Crippen LogP contribution is 2.31. The van der Waals surface area contributed by atoms with Gasteiger partial charge in [0.2, 0.25) is 0 Å². The van der Waals surface area contributed by atoms with E-state index < -0.39 is 0 Å². The molecule has 1 aliphatic rings. The highest BCUT2D eigenvalue weighted by Gasteiger charge is 2.19. The minimum Gasteiger partial charge on any atom is -0.462 e. The molecule has 112 valence electrons. The standard InChI is InChI=1S/C16H19NO3S/c1-2-20-16(19)14-10-21-15-9-11(3-4-13(14)15)17-7-5-12(18)6-8-17/h3-4,9-10,12,18H,2,5-8H2,1H3. The molecular formula is C16H19NO3S. The summed E-state index contributed by atoms with van der Waals surface area (Å²) in [5, 5.41) is 12.4. The third-order valence-electron chi connectivity index (χ3n) is 3.88. The van der Waals surface area contributed by atoms with Crippen molar-refractivity contribution in [3.63, 3.8) is 0 Å². The molecule has 0 saturated carbocycles. The summed E-state index contributed by atoms with van der Waals surface area (Å²) < 4.78 is 6.18. The minimum atomic E-state index is -0.252. The molecule has 1 saturated heterocycles. The fraction of sp³-hybridized carbons (Fsp3) is 0.438. The number of aliphatic hydroxyl groups excluding tert-OH is 1. The Hall–Kier alpha value is -1.59. The first-order valence-corrected chi connectivity index (χ1v) is 8.18. The Morgan fingerprint density at radius 2 is 2.19 bits per heavy atom. The summed E-state index contributed by atoms with van der Waals surface area (Å²) in [7, 11) is 0. The maximum absolute atomic E-state index is 11.9. The summed E-state index contributed by atoms with van der Waals surface area (Å²) in [5.74, 6) is -0.252. The van der Waals surface area contributed by atoms with Gasteiger partial charge >= 0.3 is 5.97 Å². The second kappa shape index (κ2) is 6.03. The van der Waals surface area contributed by atoms with Gasteiger partial charge in [-0.05, 0) is 31.9 Å². The Morgan fingerprint density at radius 3 is 2.90 bits per heavy atom. The van der Waals surface area contributed by atoms with E-state index in [0.29, 0.717) is 12.2 Å². The molecule has 1 aliphatic heterocycles. The number of hydrogen-bond acceptors (Lipinski definition) is 5. The Kier molecular flexibility index (Phi) is 4.12. The molecular weight excluding hydrogens is 286 g/mol. The first-order chi connectivity index (χ1) is 10.2. The molecule has 0 spiro atoms. The van der Waals surface area contributed by atoms with Crippen molar-refractivity contribution in [1.29, 1.82) is 0 Å². The van der Waals surface area contributed by atoms with E-state index in [2.05, 4.69) is 17.0 Å². The number of carbonyl (C=O) groups excluding carboxylic acids is 1. The Morgan fingerprint density at radius 1 is 1.43 bits per heavy atom. The van der Waals surface area contributed by atoms with E-state index in [4.69, 9.17) is 4.74 Å². The van der Waals surface area contributed by atoms with Crippen molar-refractivity contribution in [3.8, 4) is 0 Å². The molecule has 5 heteroatoms. The lowest BCUT2D eigenvalue weighted by Gasteiger charge is -2.31. The van der Waals surface area contributed by atoms with Crippen molar-refractivity contribution in [2.24, 2.45) is 0 Å². The van der Waals surface area contributed by atoms with Crippen LogP contribution in [0.5, 0.6) is 0 Å². The summed E-state index contributed by atoms with van der Waals surface area (Å²) in [6.45, 7) is 3.96. The van der Waals surface area contributed by atoms with Crippen LogP contribution >= 0.6 is 11.3 Å². The van der Waals surface area contributed by atoms with Gasteiger partial charge in [-0.15, -0.1) is 11.3 Å². The fourth-order valence-electron chi connectivity index (χ4n) is 2.70. The zero-order chi connectivity index (χ0) is 14.8.